The van der Waals surface area contributed by atoms with Gasteiger partial charge in [0, 0.05) is 41.5 Å². The molecule has 33 heavy (non-hydrogen) atoms. The third kappa shape index (κ3) is 2.10. The molecule has 8 rings (SSSR count). The molecule has 2 aliphatic heterocycles. The number of phenols is 1. The molecule has 0 aromatic heterocycles. The molecule has 4 saturated carbocycles. The molecule has 7 unspecified atom stereocenters. The van der Waals surface area contributed by atoms with E-state index in [1.807, 2.05) is 20.1 Å². The summed E-state index contributed by atoms with van der Waals surface area (Å²) in [6.07, 6.45) is 7.54. The van der Waals surface area contributed by atoms with Gasteiger partial charge in [-0.2, -0.15) is 0 Å². The van der Waals surface area contributed by atoms with E-state index in [0.29, 0.717) is 11.8 Å². The molecule has 2 spiro atoms. The molecular weight excluding hydrogens is 414 g/mol. The fourth-order valence-corrected chi connectivity index (χ4v) is 9.51. The lowest BCUT2D eigenvalue weighted by Crippen LogP contribution is -2.83. The van der Waals surface area contributed by atoms with E-state index in [9.17, 15) is 10.2 Å². The summed E-state index contributed by atoms with van der Waals surface area (Å²) in [5.41, 5.74) is 0.804. The van der Waals surface area contributed by atoms with Gasteiger partial charge in [-0.25, -0.2) is 0 Å². The number of likely N-dealkylation sites (tertiary alicyclic amines) is 1. The van der Waals surface area contributed by atoms with Gasteiger partial charge in [-0.3, -0.25) is 4.90 Å². The van der Waals surface area contributed by atoms with E-state index < -0.39 is 11.2 Å². The molecule has 7 aliphatic rings. The van der Waals surface area contributed by atoms with Crippen molar-refractivity contribution in [1.29, 1.82) is 0 Å². The number of benzene rings is 1. The molecule has 2 heterocycles. The van der Waals surface area contributed by atoms with Gasteiger partial charge >= 0.3 is 0 Å². The Morgan fingerprint density at radius 1 is 1.12 bits per heavy atom. The highest BCUT2D eigenvalue weighted by atomic mass is 16.6. The highest BCUT2D eigenvalue weighted by Crippen LogP contribution is 2.78. The van der Waals surface area contributed by atoms with Crippen LogP contribution in [0.3, 0.4) is 0 Å². The first kappa shape index (κ1) is 21.0. The van der Waals surface area contributed by atoms with Crippen molar-refractivity contribution in [2.75, 3.05) is 13.7 Å². The van der Waals surface area contributed by atoms with Crippen LogP contribution in [-0.2, 0) is 16.6 Å². The van der Waals surface area contributed by atoms with Crippen LogP contribution in [0.4, 0.5) is 0 Å². The number of fused-ring (bicyclic) bond motifs is 2. The number of piperidine rings is 1. The zero-order valence-electron chi connectivity index (χ0n) is 20.8. The van der Waals surface area contributed by atoms with Gasteiger partial charge in [-0.15, -0.1) is 0 Å². The number of methoxy groups -OCH3 is 1. The second-order valence-electron chi connectivity index (χ2n) is 13.3. The van der Waals surface area contributed by atoms with Gasteiger partial charge in [0.1, 0.15) is 11.7 Å². The summed E-state index contributed by atoms with van der Waals surface area (Å²) in [7, 11) is 1.83. The first-order valence-electron chi connectivity index (χ1n) is 13.1. The molecule has 5 fully saturated rings. The van der Waals surface area contributed by atoms with E-state index in [-0.39, 0.29) is 34.0 Å². The Morgan fingerprint density at radius 2 is 1.88 bits per heavy atom. The van der Waals surface area contributed by atoms with Crippen molar-refractivity contribution < 1.29 is 19.7 Å². The van der Waals surface area contributed by atoms with Crippen molar-refractivity contribution in [3.8, 4) is 11.5 Å². The van der Waals surface area contributed by atoms with E-state index in [1.165, 1.54) is 24.0 Å². The number of aliphatic hydroxyl groups is 1. The Kier molecular flexibility index (Phi) is 3.76. The van der Waals surface area contributed by atoms with Gasteiger partial charge in [0.15, 0.2) is 11.5 Å². The minimum absolute atomic E-state index is 0.0264. The fourth-order valence-electron chi connectivity index (χ4n) is 9.51. The molecule has 1 saturated heterocycles. The van der Waals surface area contributed by atoms with Crippen LogP contribution >= 0.6 is 0 Å². The molecule has 2 N–H and O–H groups in total. The molecule has 5 nitrogen and oxygen atoms in total. The molecular formula is C28H39NO4. The van der Waals surface area contributed by atoms with Crippen LogP contribution in [0, 0.1) is 16.7 Å². The van der Waals surface area contributed by atoms with Gasteiger partial charge in [0.2, 0.25) is 0 Å². The SMILES string of the molecule is COC12CCC3(CC1C(C)(O)C(C)(C)C)C1Cc4ccc(O)c5c4C3(CCN1C1CC1)C2O5. The molecule has 180 valence electrons. The van der Waals surface area contributed by atoms with Gasteiger partial charge in [-0.05, 0) is 75.5 Å². The number of nitrogens with zero attached hydrogens (tertiary/aromatic N) is 1. The van der Waals surface area contributed by atoms with E-state index in [4.69, 9.17) is 9.47 Å². The minimum atomic E-state index is -0.906. The lowest BCUT2D eigenvalue weighted by Gasteiger charge is -2.75. The maximum absolute atomic E-state index is 12.2. The van der Waals surface area contributed by atoms with E-state index in [2.05, 4.69) is 31.7 Å². The zero-order valence-corrected chi connectivity index (χ0v) is 20.8. The van der Waals surface area contributed by atoms with Crippen molar-refractivity contribution in [2.45, 2.75) is 107 Å². The zero-order chi connectivity index (χ0) is 23.2. The Labute approximate surface area is 197 Å². The summed E-state index contributed by atoms with van der Waals surface area (Å²) >= 11 is 0. The Hall–Kier alpha value is -1.30. The number of ether oxygens (including phenoxy) is 2. The highest BCUT2D eigenvalue weighted by molar-refractivity contribution is 5.63. The maximum Gasteiger partial charge on any atom is 0.165 e. The first-order chi connectivity index (χ1) is 15.5. The Morgan fingerprint density at radius 3 is 2.55 bits per heavy atom. The first-order valence-corrected chi connectivity index (χ1v) is 13.1. The standard InChI is InChI=1S/C28H39NO4/c1-24(2,3)25(4,31)19-15-26-10-11-28(19,32-5)23-27(26)12-13-29(17-7-8-17)20(26)14-16-6-9-18(30)22(33-23)21(16)27/h6,9,17,19-20,23,30-31H,7-8,10-15H2,1-5H3. The smallest absolute Gasteiger partial charge is 0.165 e. The van der Waals surface area contributed by atoms with E-state index >= 15 is 0 Å². The number of hydrogen-bond acceptors (Lipinski definition) is 5. The topological polar surface area (TPSA) is 62.2 Å². The van der Waals surface area contributed by atoms with Crippen LogP contribution in [0.5, 0.6) is 11.5 Å². The van der Waals surface area contributed by atoms with Gasteiger partial charge in [0.25, 0.3) is 0 Å². The summed E-state index contributed by atoms with van der Waals surface area (Å²) in [5.74, 6) is 0.946. The van der Waals surface area contributed by atoms with Gasteiger partial charge in [0.05, 0.1) is 5.60 Å². The monoisotopic (exact) mass is 453 g/mol. The predicted molar refractivity (Wildman–Crippen MR) is 126 cm³/mol. The van der Waals surface area contributed by atoms with Crippen molar-refractivity contribution in [3.05, 3.63) is 23.3 Å². The van der Waals surface area contributed by atoms with Gasteiger partial charge in [-0.1, -0.05) is 26.8 Å². The Bertz CT molecular complexity index is 1040. The van der Waals surface area contributed by atoms with Crippen LogP contribution in [0.25, 0.3) is 0 Å². The second kappa shape index (κ2) is 5.91. The molecule has 4 bridgehead atoms. The molecule has 1 aromatic carbocycles. The number of phenolic OH excluding ortho intramolecular Hbond substituents is 1. The summed E-state index contributed by atoms with van der Waals surface area (Å²) in [5, 5.41) is 23.1. The van der Waals surface area contributed by atoms with Crippen molar-refractivity contribution in [2.24, 2.45) is 16.7 Å². The van der Waals surface area contributed by atoms with Crippen molar-refractivity contribution in [3.63, 3.8) is 0 Å². The normalized spacial score (nSPS) is 44.8. The lowest BCUT2D eigenvalue weighted by atomic mass is 9.33. The molecule has 1 aromatic rings. The lowest BCUT2D eigenvalue weighted by molar-refractivity contribution is -0.312. The minimum Gasteiger partial charge on any atom is -0.504 e. The molecule has 5 heteroatoms. The Balaban J connectivity index is 1.51. The van der Waals surface area contributed by atoms with Crippen LogP contribution in [0.1, 0.15) is 77.3 Å². The maximum atomic E-state index is 12.2. The number of aromatic hydroxyl groups is 1. The highest BCUT2D eigenvalue weighted by Gasteiger charge is 2.82. The average Bonchev–Trinajstić information content (AvgIpc) is 3.53. The molecule has 5 aliphatic carbocycles. The largest absolute Gasteiger partial charge is 0.504 e. The average molecular weight is 454 g/mol. The van der Waals surface area contributed by atoms with Crippen molar-refractivity contribution >= 4 is 0 Å². The summed E-state index contributed by atoms with van der Waals surface area (Å²) < 4.78 is 13.4. The van der Waals surface area contributed by atoms with Crippen LogP contribution < -0.4 is 4.74 Å². The van der Waals surface area contributed by atoms with Crippen LogP contribution in [0.15, 0.2) is 12.1 Å². The third-order valence-electron chi connectivity index (χ3n) is 11.6. The predicted octanol–water partition coefficient (Wildman–Crippen LogP) is 4.17. The fraction of sp³-hybridized carbons (Fsp3) is 0.786. The second-order valence-corrected chi connectivity index (χ2v) is 13.3. The van der Waals surface area contributed by atoms with Crippen LogP contribution in [-0.4, -0.2) is 58.2 Å². The number of hydrogen-bond donors (Lipinski definition) is 2. The van der Waals surface area contributed by atoms with Crippen LogP contribution in [0.2, 0.25) is 0 Å². The molecule has 7 atom stereocenters. The molecule has 0 radical (unpaired) electrons. The van der Waals surface area contributed by atoms with Crippen molar-refractivity contribution in [1.82, 2.24) is 4.90 Å². The summed E-state index contributed by atoms with van der Waals surface area (Å²) in [6.45, 7) is 9.59. The van der Waals surface area contributed by atoms with E-state index in [0.717, 1.165) is 44.7 Å². The van der Waals surface area contributed by atoms with E-state index in [1.54, 1.807) is 0 Å². The molecule has 0 amide bonds. The summed E-state index contributed by atoms with van der Waals surface area (Å²) in [6, 6.07) is 5.18. The quantitative estimate of drug-likeness (QED) is 0.719. The van der Waals surface area contributed by atoms with Gasteiger partial charge < -0.3 is 19.7 Å². The summed E-state index contributed by atoms with van der Waals surface area (Å²) in [4.78, 5) is 2.84. The number of rotatable bonds is 3. The third-order valence-corrected chi connectivity index (χ3v) is 11.6.